The Balaban J connectivity index is 2.30. The van der Waals surface area contributed by atoms with E-state index in [4.69, 9.17) is 5.11 Å². The van der Waals surface area contributed by atoms with Gasteiger partial charge in [0.15, 0.2) is 0 Å². The number of rotatable bonds is 4. The number of halogens is 2. The number of carboxylic acids is 1. The first-order valence-electron chi connectivity index (χ1n) is 6.03. The maximum absolute atomic E-state index is 13.8. The van der Waals surface area contributed by atoms with Crippen LogP contribution in [0.1, 0.15) is 28.9 Å². The van der Waals surface area contributed by atoms with E-state index in [-0.39, 0.29) is 17.4 Å². The Bertz CT molecular complexity index is 646. The molecule has 0 bridgehead atoms. The maximum atomic E-state index is 13.8. The van der Waals surface area contributed by atoms with Crippen LogP contribution in [0.15, 0.2) is 46.9 Å². The third-order valence-electron chi connectivity index (χ3n) is 2.95. The van der Waals surface area contributed by atoms with Crippen LogP contribution >= 0.6 is 15.9 Å². The van der Waals surface area contributed by atoms with E-state index in [1.807, 2.05) is 0 Å². The molecule has 1 atom stereocenters. The molecule has 0 saturated heterocycles. The van der Waals surface area contributed by atoms with Gasteiger partial charge in [-0.25, -0.2) is 9.18 Å². The lowest BCUT2D eigenvalue weighted by atomic mass is 10.1. The topological polar surface area (TPSA) is 49.3 Å². The highest BCUT2D eigenvalue weighted by Crippen LogP contribution is 2.26. The Labute approximate surface area is 124 Å². The molecule has 20 heavy (non-hydrogen) atoms. The first kappa shape index (κ1) is 14.5. The van der Waals surface area contributed by atoms with Crippen LogP contribution < -0.4 is 5.32 Å². The van der Waals surface area contributed by atoms with E-state index in [9.17, 15) is 9.18 Å². The second-order valence-corrected chi connectivity index (χ2v) is 5.30. The quantitative estimate of drug-likeness (QED) is 0.865. The predicted octanol–water partition coefficient (Wildman–Crippen LogP) is 4.46. The van der Waals surface area contributed by atoms with Crippen molar-refractivity contribution in [3.05, 3.63) is 63.9 Å². The van der Waals surface area contributed by atoms with E-state index in [1.54, 1.807) is 37.3 Å². The van der Waals surface area contributed by atoms with Gasteiger partial charge in [-0.15, -0.1) is 0 Å². The Hall–Kier alpha value is -1.88. The van der Waals surface area contributed by atoms with Crippen molar-refractivity contribution >= 4 is 27.6 Å². The standard InChI is InChI=1S/C15H13BrFNO2/c1-9(12-8-10(16)6-7-13(12)17)18-14-5-3-2-4-11(14)15(19)20/h2-9,18H,1H3,(H,19,20). The summed E-state index contributed by atoms with van der Waals surface area (Å²) in [5.41, 5.74) is 1.10. The number of anilines is 1. The summed E-state index contributed by atoms with van der Waals surface area (Å²) in [4.78, 5) is 11.1. The molecule has 0 aliphatic rings. The van der Waals surface area contributed by atoms with E-state index in [1.165, 1.54) is 12.1 Å². The smallest absolute Gasteiger partial charge is 0.337 e. The van der Waals surface area contributed by atoms with E-state index in [2.05, 4.69) is 21.2 Å². The van der Waals surface area contributed by atoms with Crippen molar-refractivity contribution in [3.63, 3.8) is 0 Å². The van der Waals surface area contributed by atoms with Crippen LogP contribution in [0.4, 0.5) is 10.1 Å². The van der Waals surface area contributed by atoms with Crippen molar-refractivity contribution in [1.82, 2.24) is 0 Å². The molecule has 0 aliphatic heterocycles. The Morgan fingerprint density at radius 3 is 2.70 bits per heavy atom. The molecule has 0 radical (unpaired) electrons. The Kier molecular flexibility index (Phi) is 4.39. The van der Waals surface area contributed by atoms with Gasteiger partial charge in [0.05, 0.1) is 11.6 Å². The normalized spacial score (nSPS) is 11.9. The number of hydrogen-bond acceptors (Lipinski definition) is 2. The summed E-state index contributed by atoms with van der Waals surface area (Å²) in [6.45, 7) is 1.78. The highest BCUT2D eigenvalue weighted by atomic mass is 79.9. The lowest BCUT2D eigenvalue weighted by molar-refractivity contribution is 0.0698. The largest absolute Gasteiger partial charge is 0.478 e. The summed E-state index contributed by atoms with van der Waals surface area (Å²) in [5.74, 6) is -1.35. The van der Waals surface area contributed by atoms with Gasteiger partial charge in [-0.1, -0.05) is 28.1 Å². The van der Waals surface area contributed by atoms with Crippen LogP contribution in [0.25, 0.3) is 0 Å². The second-order valence-electron chi connectivity index (χ2n) is 4.38. The van der Waals surface area contributed by atoms with Gasteiger partial charge in [0.1, 0.15) is 5.82 Å². The molecule has 0 amide bonds. The van der Waals surface area contributed by atoms with Crippen molar-refractivity contribution in [3.8, 4) is 0 Å². The van der Waals surface area contributed by atoms with E-state index >= 15 is 0 Å². The number of carboxylic acid groups (broad SMARTS) is 1. The van der Waals surface area contributed by atoms with Gasteiger partial charge in [0, 0.05) is 15.7 Å². The fourth-order valence-electron chi connectivity index (χ4n) is 1.95. The average Bonchev–Trinajstić information content (AvgIpc) is 2.41. The van der Waals surface area contributed by atoms with Gasteiger partial charge in [-0.2, -0.15) is 0 Å². The molecule has 104 valence electrons. The Morgan fingerprint density at radius 2 is 2.00 bits per heavy atom. The molecular weight excluding hydrogens is 325 g/mol. The molecule has 0 aromatic heterocycles. The highest BCUT2D eigenvalue weighted by Gasteiger charge is 2.15. The van der Waals surface area contributed by atoms with Gasteiger partial charge in [0.2, 0.25) is 0 Å². The number of benzene rings is 2. The molecule has 0 heterocycles. The summed E-state index contributed by atoms with van der Waals surface area (Å²) in [7, 11) is 0. The molecule has 2 aromatic rings. The molecule has 3 nitrogen and oxygen atoms in total. The molecule has 0 aliphatic carbocycles. The molecule has 0 spiro atoms. The number of nitrogens with one attached hydrogen (secondary N) is 1. The van der Waals surface area contributed by atoms with Gasteiger partial charge in [0.25, 0.3) is 0 Å². The predicted molar refractivity (Wildman–Crippen MR) is 79.5 cm³/mol. The van der Waals surface area contributed by atoms with Gasteiger partial charge in [-0.3, -0.25) is 0 Å². The lowest BCUT2D eigenvalue weighted by Gasteiger charge is -2.18. The molecule has 5 heteroatoms. The second kappa shape index (κ2) is 6.05. The maximum Gasteiger partial charge on any atom is 0.337 e. The lowest BCUT2D eigenvalue weighted by Crippen LogP contribution is -2.12. The van der Waals surface area contributed by atoms with Gasteiger partial charge >= 0.3 is 5.97 Å². The zero-order chi connectivity index (χ0) is 14.7. The molecule has 0 saturated carbocycles. The molecule has 0 fully saturated rings. The summed E-state index contributed by atoms with van der Waals surface area (Å²) < 4.78 is 14.6. The van der Waals surface area contributed by atoms with Crippen LogP contribution in [0.2, 0.25) is 0 Å². The van der Waals surface area contributed by atoms with Crippen LogP contribution in [0, 0.1) is 5.82 Å². The molecular formula is C15H13BrFNO2. The van der Waals surface area contributed by atoms with Crippen molar-refractivity contribution in [2.24, 2.45) is 0 Å². The highest BCUT2D eigenvalue weighted by molar-refractivity contribution is 9.10. The Morgan fingerprint density at radius 1 is 1.30 bits per heavy atom. The fraction of sp³-hybridized carbons (Fsp3) is 0.133. The summed E-state index contributed by atoms with van der Waals surface area (Å²) in [6, 6.07) is 10.9. The van der Waals surface area contributed by atoms with Crippen LogP contribution in [0.5, 0.6) is 0 Å². The van der Waals surface area contributed by atoms with Crippen molar-refractivity contribution in [2.75, 3.05) is 5.32 Å². The summed E-state index contributed by atoms with van der Waals surface area (Å²) in [6.07, 6.45) is 0. The van der Waals surface area contributed by atoms with E-state index in [0.29, 0.717) is 11.3 Å². The number of hydrogen-bond donors (Lipinski definition) is 2. The van der Waals surface area contributed by atoms with Gasteiger partial charge in [-0.05, 0) is 37.3 Å². The average molecular weight is 338 g/mol. The van der Waals surface area contributed by atoms with E-state index < -0.39 is 5.97 Å². The molecule has 1 unspecified atom stereocenters. The third kappa shape index (κ3) is 3.17. The first-order chi connectivity index (χ1) is 9.49. The van der Waals surface area contributed by atoms with Crippen molar-refractivity contribution < 1.29 is 14.3 Å². The minimum Gasteiger partial charge on any atom is -0.478 e. The minimum absolute atomic E-state index is 0.162. The van der Waals surface area contributed by atoms with Crippen LogP contribution in [0.3, 0.4) is 0 Å². The molecule has 2 rings (SSSR count). The number of para-hydroxylation sites is 1. The SMILES string of the molecule is CC(Nc1ccccc1C(=O)O)c1cc(Br)ccc1F. The monoisotopic (exact) mass is 337 g/mol. The van der Waals surface area contributed by atoms with Crippen molar-refractivity contribution in [1.29, 1.82) is 0 Å². The van der Waals surface area contributed by atoms with Crippen LogP contribution in [-0.2, 0) is 0 Å². The summed E-state index contributed by atoms with van der Waals surface area (Å²) >= 11 is 3.30. The van der Waals surface area contributed by atoms with Crippen LogP contribution in [-0.4, -0.2) is 11.1 Å². The van der Waals surface area contributed by atoms with E-state index in [0.717, 1.165) is 4.47 Å². The number of carbonyl (C=O) groups is 1. The van der Waals surface area contributed by atoms with Gasteiger partial charge < -0.3 is 10.4 Å². The third-order valence-corrected chi connectivity index (χ3v) is 3.45. The first-order valence-corrected chi connectivity index (χ1v) is 6.82. The zero-order valence-corrected chi connectivity index (χ0v) is 12.3. The van der Waals surface area contributed by atoms with Crippen molar-refractivity contribution in [2.45, 2.75) is 13.0 Å². The molecule has 2 N–H and O–H groups in total. The zero-order valence-electron chi connectivity index (χ0n) is 10.7. The summed E-state index contributed by atoms with van der Waals surface area (Å²) in [5, 5.41) is 12.2. The number of aromatic carboxylic acids is 1. The molecule has 2 aromatic carbocycles. The minimum atomic E-state index is -1.02. The fourth-order valence-corrected chi connectivity index (χ4v) is 2.33.